The molecule has 4 aromatic carbocycles. The predicted octanol–water partition coefficient (Wildman–Crippen LogP) is 8.94. The first-order valence-electron chi connectivity index (χ1n) is 13.2. The molecular formula is C35H25IrN2O3-. The summed E-state index contributed by atoms with van der Waals surface area (Å²) in [6, 6.07) is 31.2. The molecule has 0 amide bonds. The normalized spacial score (nSPS) is 11.9. The molecule has 0 aliphatic carbocycles. The maximum Gasteiger partial charge on any atom is 0.155 e. The molecule has 1 radical (unpaired) electrons. The van der Waals surface area contributed by atoms with Crippen molar-refractivity contribution in [2.75, 3.05) is 0 Å². The van der Waals surface area contributed by atoms with E-state index >= 15 is 0 Å². The third-order valence-corrected chi connectivity index (χ3v) is 7.34. The van der Waals surface area contributed by atoms with Gasteiger partial charge in [0.25, 0.3) is 0 Å². The summed E-state index contributed by atoms with van der Waals surface area (Å²) in [7, 11) is 0. The second-order valence-corrected chi connectivity index (χ2v) is 10.2. The monoisotopic (exact) mass is 714 g/mol. The molecule has 203 valence electrons. The van der Waals surface area contributed by atoms with Crippen molar-refractivity contribution in [1.29, 1.82) is 0 Å². The van der Waals surface area contributed by atoms with Crippen LogP contribution >= 0.6 is 0 Å². The fraction of sp³-hybridized carbons (Fsp3) is 0.0857. The number of hydrogen-bond acceptors (Lipinski definition) is 4. The van der Waals surface area contributed by atoms with E-state index in [2.05, 4.69) is 95.2 Å². The molecule has 0 aliphatic heterocycles. The number of aryl methyl sites for hydroxylation is 1. The molecule has 6 heteroatoms. The molecule has 0 aliphatic rings. The summed E-state index contributed by atoms with van der Waals surface area (Å²) < 4.78 is 8.81. The smallest absolute Gasteiger partial charge is 0.155 e. The number of pyridine rings is 1. The Kier molecular flexibility index (Phi) is 6.61. The van der Waals surface area contributed by atoms with Gasteiger partial charge in [0.1, 0.15) is 11.2 Å². The molecule has 41 heavy (non-hydrogen) atoms. The first-order chi connectivity index (χ1) is 19.4. The van der Waals surface area contributed by atoms with Crippen LogP contribution in [0.5, 0.6) is 0 Å². The Bertz CT molecular complexity index is 2270. The van der Waals surface area contributed by atoms with Crippen LogP contribution in [-0.2, 0) is 24.9 Å². The van der Waals surface area contributed by atoms with Gasteiger partial charge in [-0.1, -0.05) is 53.9 Å². The quantitative estimate of drug-likeness (QED) is 0.110. The Morgan fingerprint density at radius 3 is 2.37 bits per heavy atom. The topological polar surface area (TPSA) is 67.7 Å². The van der Waals surface area contributed by atoms with Crippen LogP contribution in [0.4, 0.5) is 0 Å². The van der Waals surface area contributed by atoms with Crippen molar-refractivity contribution in [1.82, 2.24) is 9.38 Å². The minimum absolute atomic E-state index is 0. The summed E-state index contributed by atoms with van der Waals surface area (Å²) >= 11 is 0. The van der Waals surface area contributed by atoms with E-state index in [1.807, 2.05) is 12.3 Å². The zero-order valence-corrected chi connectivity index (χ0v) is 25.0. The van der Waals surface area contributed by atoms with Crippen molar-refractivity contribution < 1.29 is 34.4 Å². The molecule has 0 fully saturated rings. The number of aliphatic hydroxyl groups is 1. The van der Waals surface area contributed by atoms with E-state index in [9.17, 15) is 4.79 Å². The number of ketones is 1. The summed E-state index contributed by atoms with van der Waals surface area (Å²) in [4.78, 5) is 14.7. The van der Waals surface area contributed by atoms with Crippen LogP contribution in [0.2, 0.25) is 0 Å². The number of carbonyl (C=O) groups is 1. The molecule has 8 aromatic rings. The molecule has 0 atom stereocenters. The molecule has 0 saturated carbocycles. The van der Waals surface area contributed by atoms with Crippen molar-refractivity contribution in [3.05, 3.63) is 109 Å². The molecule has 0 spiro atoms. The molecule has 4 aromatic heterocycles. The van der Waals surface area contributed by atoms with Crippen LogP contribution in [-0.4, -0.2) is 20.3 Å². The molecule has 0 unspecified atom stereocenters. The average molecular weight is 714 g/mol. The molecule has 5 nitrogen and oxygen atoms in total. The number of hydrogen-bond donors (Lipinski definition) is 1. The van der Waals surface area contributed by atoms with Crippen molar-refractivity contribution in [2.24, 2.45) is 0 Å². The van der Waals surface area contributed by atoms with Crippen molar-refractivity contribution in [3.63, 3.8) is 0 Å². The molecule has 8 rings (SSSR count). The number of fused-ring (bicyclic) bond motifs is 10. The molecule has 4 heterocycles. The zero-order chi connectivity index (χ0) is 27.5. The van der Waals surface area contributed by atoms with Gasteiger partial charge in [-0.15, -0.1) is 23.8 Å². The largest absolute Gasteiger partial charge is 0.512 e. The van der Waals surface area contributed by atoms with Crippen LogP contribution in [0, 0.1) is 13.0 Å². The third-order valence-electron chi connectivity index (χ3n) is 7.34. The van der Waals surface area contributed by atoms with Crippen LogP contribution in [0.1, 0.15) is 19.4 Å². The van der Waals surface area contributed by atoms with Crippen LogP contribution in [0.3, 0.4) is 0 Å². The summed E-state index contributed by atoms with van der Waals surface area (Å²) in [5.74, 6) is -0.0625. The number of para-hydroxylation sites is 2. The van der Waals surface area contributed by atoms with Crippen LogP contribution in [0.25, 0.3) is 71.3 Å². The summed E-state index contributed by atoms with van der Waals surface area (Å²) in [5.41, 5.74) is 8.54. The Morgan fingerprint density at radius 2 is 1.66 bits per heavy atom. The number of aliphatic hydroxyl groups excluding tert-OH is 1. The van der Waals surface area contributed by atoms with E-state index in [0.717, 1.165) is 44.3 Å². The Labute approximate surface area is 249 Å². The van der Waals surface area contributed by atoms with Crippen molar-refractivity contribution >= 4 is 65.8 Å². The Hall–Kier alpha value is -4.51. The van der Waals surface area contributed by atoms with Gasteiger partial charge in [0.2, 0.25) is 0 Å². The van der Waals surface area contributed by atoms with E-state index in [0.29, 0.717) is 0 Å². The average Bonchev–Trinajstić information content (AvgIpc) is 3.59. The minimum atomic E-state index is -0.125. The number of benzene rings is 4. The van der Waals surface area contributed by atoms with Crippen molar-refractivity contribution in [2.45, 2.75) is 20.8 Å². The summed E-state index contributed by atoms with van der Waals surface area (Å²) in [6.45, 7) is 4.91. The maximum atomic E-state index is 10.0. The Balaban J connectivity index is 0.000000340. The van der Waals surface area contributed by atoms with Gasteiger partial charge in [-0.05, 0) is 61.1 Å². The number of allylic oxidation sites excluding steroid dienone is 2. The summed E-state index contributed by atoms with van der Waals surface area (Å²) in [6.07, 6.45) is 3.08. The van der Waals surface area contributed by atoms with E-state index in [-0.39, 0.29) is 31.6 Å². The minimum Gasteiger partial charge on any atom is -0.512 e. The number of aromatic nitrogens is 2. The number of furan rings is 1. The van der Waals surface area contributed by atoms with E-state index in [1.54, 1.807) is 0 Å². The van der Waals surface area contributed by atoms with Crippen LogP contribution < -0.4 is 0 Å². The number of carbonyl (C=O) groups excluding carboxylic acids is 1. The van der Waals surface area contributed by atoms with E-state index in [1.165, 1.54) is 52.5 Å². The van der Waals surface area contributed by atoms with E-state index in [4.69, 9.17) is 9.52 Å². The molecular weight excluding hydrogens is 689 g/mol. The van der Waals surface area contributed by atoms with E-state index < -0.39 is 0 Å². The van der Waals surface area contributed by atoms with Gasteiger partial charge in [-0.3, -0.25) is 4.79 Å². The van der Waals surface area contributed by atoms with Crippen molar-refractivity contribution in [3.8, 4) is 11.3 Å². The van der Waals surface area contributed by atoms with Gasteiger partial charge in [-0.2, -0.15) is 0 Å². The SMILES string of the molecule is CC(=O)/C=C(/C)O.Cc1ccc(-c2[c-]cc3c(c2)c2cc4c5ccccc5oc4c4c5ccccc5n3c24)nc1.[Ir]. The predicted molar refractivity (Wildman–Crippen MR) is 162 cm³/mol. The van der Waals surface area contributed by atoms with Gasteiger partial charge in [0, 0.05) is 54.1 Å². The fourth-order valence-electron chi connectivity index (χ4n) is 5.74. The maximum absolute atomic E-state index is 10.0. The number of rotatable bonds is 2. The second kappa shape index (κ2) is 10.2. The van der Waals surface area contributed by atoms with Gasteiger partial charge >= 0.3 is 0 Å². The first kappa shape index (κ1) is 26.7. The molecule has 0 bridgehead atoms. The number of nitrogens with zero attached hydrogens (tertiary/aromatic N) is 2. The Morgan fingerprint density at radius 1 is 0.902 bits per heavy atom. The third kappa shape index (κ3) is 4.28. The standard InChI is InChI=1S/C30H17N2O.C5H8O2.Ir/c1-17-10-12-24(31-16-17)18-11-13-26-21(14-18)22-15-23-19-6-3-5-9-27(19)33-30(23)28-20-7-2-4-8-25(20)32(26)29(22)28;1-4(6)3-5(2)7;/h2-10,12-16H,1H3;3,6H,1-2H3;/q-1;;/b;4-3-;. The molecule has 1 N–H and O–H groups in total. The summed E-state index contributed by atoms with van der Waals surface area (Å²) in [5, 5.41) is 15.5. The van der Waals surface area contributed by atoms with Gasteiger partial charge in [-0.25, -0.2) is 0 Å². The molecule has 0 saturated heterocycles. The zero-order valence-electron chi connectivity index (χ0n) is 22.7. The van der Waals surface area contributed by atoms with Crippen LogP contribution in [0.15, 0.2) is 101 Å². The first-order valence-corrected chi connectivity index (χ1v) is 13.2. The van der Waals surface area contributed by atoms with Gasteiger partial charge < -0.3 is 18.9 Å². The van der Waals surface area contributed by atoms with Gasteiger partial charge in [0.15, 0.2) is 5.78 Å². The fourth-order valence-corrected chi connectivity index (χ4v) is 5.74. The second-order valence-electron chi connectivity index (χ2n) is 10.2. The van der Waals surface area contributed by atoms with Gasteiger partial charge in [0.05, 0.1) is 16.7 Å².